The third-order valence-electron chi connectivity index (χ3n) is 3.62. The minimum atomic E-state index is -3.23. The number of carbonyl (C=O) groups is 1. The van der Waals surface area contributed by atoms with Gasteiger partial charge in [0.25, 0.3) is 5.91 Å². The fourth-order valence-electron chi connectivity index (χ4n) is 2.49. The van der Waals surface area contributed by atoms with Gasteiger partial charge in [-0.15, -0.1) is 11.3 Å². The highest BCUT2D eigenvalue weighted by atomic mass is 32.2. The molecule has 1 aliphatic rings. The molecule has 3 heterocycles. The van der Waals surface area contributed by atoms with Gasteiger partial charge >= 0.3 is 0 Å². The van der Waals surface area contributed by atoms with Crippen LogP contribution in [0.5, 0.6) is 0 Å². The van der Waals surface area contributed by atoms with E-state index in [1.165, 1.54) is 17.5 Å². The second kappa shape index (κ2) is 5.61. The molecule has 0 bridgehead atoms. The van der Waals surface area contributed by atoms with Crippen molar-refractivity contribution in [3.8, 4) is 0 Å². The van der Waals surface area contributed by atoms with Gasteiger partial charge in [0.2, 0.25) is 0 Å². The molecule has 6 nitrogen and oxygen atoms in total. The van der Waals surface area contributed by atoms with E-state index >= 15 is 0 Å². The van der Waals surface area contributed by atoms with Crippen molar-refractivity contribution in [1.29, 1.82) is 0 Å². The van der Waals surface area contributed by atoms with Crippen LogP contribution in [0.2, 0.25) is 0 Å². The molecule has 1 fully saturated rings. The number of sulfone groups is 1. The van der Waals surface area contributed by atoms with Crippen LogP contribution in [0.25, 0.3) is 0 Å². The van der Waals surface area contributed by atoms with Crippen LogP contribution in [-0.2, 0) is 9.84 Å². The van der Waals surface area contributed by atoms with Gasteiger partial charge in [-0.2, -0.15) is 5.10 Å². The van der Waals surface area contributed by atoms with E-state index in [-0.39, 0.29) is 18.2 Å². The number of aromatic amines is 1. The minimum Gasteiger partial charge on any atom is -0.336 e. The molecule has 0 aromatic carbocycles. The highest BCUT2D eigenvalue weighted by Crippen LogP contribution is 2.32. The summed E-state index contributed by atoms with van der Waals surface area (Å²) in [7, 11) is -3.23. The fourth-order valence-corrected chi connectivity index (χ4v) is 5.49. The summed E-state index contributed by atoms with van der Waals surface area (Å²) < 4.78 is 24.8. The van der Waals surface area contributed by atoms with E-state index in [2.05, 4.69) is 10.2 Å². The molecule has 0 saturated carbocycles. The number of nitrogens with one attached hydrogen (secondary N) is 1. The Labute approximate surface area is 126 Å². The summed E-state index contributed by atoms with van der Waals surface area (Å²) in [6.07, 6.45) is 1.94. The molecule has 1 amide bonds. The first kappa shape index (κ1) is 14.3. The van der Waals surface area contributed by atoms with E-state index in [9.17, 15) is 13.2 Å². The maximum Gasteiger partial charge on any atom is 0.271 e. The van der Waals surface area contributed by atoms with Gasteiger partial charge in [-0.05, 0) is 23.9 Å². The molecular formula is C13H15N3O3S2. The lowest BCUT2D eigenvalue weighted by Gasteiger charge is -2.18. The second-order valence-corrected chi connectivity index (χ2v) is 8.20. The number of nitrogens with zero attached hydrogens (tertiary/aromatic N) is 2. The van der Waals surface area contributed by atoms with Crippen molar-refractivity contribution in [2.75, 3.05) is 18.8 Å². The Kier molecular flexibility index (Phi) is 3.81. The van der Waals surface area contributed by atoms with Gasteiger partial charge < -0.3 is 4.90 Å². The molecule has 3 rings (SSSR count). The molecule has 1 atom stereocenters. The third kappa shape index (κ3) is 2.86. The standard InChI is InChI=1S/C13H15N3O3S2/c17-13(10-3-5-14-15-10)16-6-4-12(11-2-1-8-20-11)21(18,19)9-7-16/h1-3,5,8,12H,4,6-7,9H2,(H,14,15)/t12-/m0/s1. The summed E-state index contributed by atoms with van der Waals surface area (Å²) in [4.78, 5) is 14.7. The molecule has 0 radical (unpaired) electrons. The SMILES string of the molecule is O=C(c1ccn[nH]1)N1CC[C@@H](c2cccs2)S(=O)(=O)CC1. The number of thiophene rings is 1. The topological polar surface area (TPSA) is 83.1 Å². The number of amides is 1. The Hall–Kier alpha value is -1.67. The number of hydrogen-bond acceptors (Lipinski definition) is 5. The molecule has 1 saturated heterocycles. The first-order valence-corrected chi connectivity index (χ1v) is 9.21. The molecule has 0 unspecified atom stereocenters. The van der Waals surface area contributed by atoms with Gasteiger partial charge in [-0.1, -0.05) is 6.07 Å². The summed E-state index contributed by atoms with van der Waals surface area (Å²) >= 11 is 1.45. The Balaban J connectivity index is 1.81. The smallest absolute Gasteiger partial charge is 0.271 e. The highest BCUT2D eigenvalue weighted by Gasteiger charge is 2.33. The Morgan fingerprint density at radius 3 is 2.90 bits per heavy atom. The first-order valence-electron chi connectivity index (χ1n) is 6.61. The highest BCUT2D eigenvalue weighted by molar-refractivity contribution is 7.91. The van der Waals surface area contributed by atoms with Gasteiger partial charge in [0, 0.05) is 24.2 Å². The Morgan fingerprint density at radius 2 is 2.24 bits per heavy atom. The van der Waals surface area contributed by atoms with Gasteiger partial charge in [0.1, 0.15) is 5.69 Å². The maximum atomic E-state index is 12.4. The predicted octanol–water partition coefficient (Wildman–Crippen LogP) is 1.47. The quantitative estimate of drug-likeness (QED) is 0.906. The van der Waals surface area contributed by atoms with E-state index in [1.807, 2.05) is 17.5 Å². The van der Waals surface area contributed by atoms with Crippen molar-refractivity contribution in [2.24, 2.45) is 0 Å². The maximum absolute atomic E-state index is 12.4. The molecule has 1 aliphatic heterocycles. The van der Waals surface area contributed by atoms with E-state index in [0.717, 1.165) is 4.88 Å². The molecular weight excluding hydrogens is 310 g/mol. The molecule has 1 N–H and O–H groups in total. The van der Waals surface area contributed by atoms with Gasteiger partial charge in [-0.25, -0.2) is 8.42 Å². The van der Waals surface area contributed by atoms with Crippen LogP contribution in [0.4, 0.5) is 0 Å². The van der Waals surface area contributed by atoms with Crippen LogP contribution in [-0.4, -0.2) is 48.3 Å². The Bertz CT molecular complexity index is 708. The molecule has 0 aliphatic carbocycles. The summed E-state index contributed by atoms with van der Waals surface area (Å²) in [5.74, 6) is -0.204. The van der Waals surface area contributed by atoms with Crippen LogP contribution >= 0.6 is 11.3 Å². The number of rotatable bonds is 2. The van der Waals surface area contributed by atoms with E-state index in [4.69, 9.17) is 0 Å². The monoisotopic (exact) mass is 325 g/mol. The lowest BCUT2D eigenvalue weighted by atomic mass is 10.2. The zero-order valence-corrected chi connectivity index (χ0v) is 12.9. The minimum absolute atomic E-state index is 0.00452. The largest absolute Gasteiger partial charge is 0.336 e. The summed E-state index contributed by atoms with van der Waals surface area (Å²) in [6, 6.07) is 5.30. The van der Waals surface area contributed by atoms with E-state index in [0.29, 0.717) is 18.7 Å². The van der Waals surface area contributed by atoms with Crippen LogP contribution in [0.1, 0.15) is 27.0 Å². The molecule has 8 heteroatoms. The van der Waals surface area contributed by atoms with Crippen LogP contribution < -0.4 is 0 Å². The first-order chi connectivity index (χ1) is 10.1. The molecule has 21 heavy (non-hydrogen) atoms. The fraction of sp³-hybridized carbons (Fsp3) is 0.385. The lowest BCUT2D eigenvalue weighted by Crippen LogP contribution is -2.33. The van der Waals surface area contributed by atoms with Crippen LogP contribution in [0.15, 0.2) is 29.8 Å². The van der Waals surface area contributed by atoms with Crippen molar-refractivity contribution in [3.63, 3.8) is 0 Å². The van der Waals surface area contributed by atoms with Gasteiger partial charge in [0.15, 0.2) is 9.84 Å². The predicted molar refractivity (Wildman–Crippen MR) is 80.0 cm³/mol. The summed E-state index contributed by atoms with van der Waals surface area (Å²) in [5, 5.41) is 7.76. The summed E-state index contributed by atoms with van der Waals surface area (Å²) in [6.45, 7) is 0.654. The van der Waals surface area contributed by atoms with Crippen molar-refractivity contribution < 1.29 is 13.2 Å². The van der Waals surface area contributed by atoms with Crippen molar-refractivity contribution >= 4 is 27.1 Å². The number of hydrogen-bond donors (Lipinski definition) is 1. The van der Waals surface area contributed by atoms with Gasteiger partial charge in [-0.3, -0.25) is 9.89 Å². The normalized spacial score (nSPS) is 21.9. The lowest BCUT2D eigenvalue weighted by molar-refractivity contribution is 0.0760. The van der Waals surface area contributed by atoms with E-state index < -0.39 is 15.1 Å². The zero-order chi connectivity index (χ0) is 14.9. The van der Waals surface area contributed by atoms with Crippen LogP contribution in [0.3, 0.4) is 0 Å². The van der Waals surface area contributed by atoms with Crippen molar-refractivity contribution in [2.45, 2.75) is 11.7 Å². The summed E-state index contributed by atoms with van der Waals surface area (Å²) in [5.41, 5.74) is 0.391. The van der Waals surface area contributed by atoms with Gasteiger partial charge in [0.05, 0.1) is 11.0 Å². The third-order valence-corrected chi connectivity index (χ3v) is 6.86. The average molecular weight is 325 g/mol. The van der Waals surface area contributed by atoms with Crippen molar-refractivity contribution in [3.05, 3.63) is 40.3 Å². The number of H-pyrrole nitrogens is 1. The van der Waals surface area contributed by atoms with Crippen molar-refractivity contribution in [1.82, 2.24) is 15.1 Å². The molecule has 112 valence electrons. The number of aromatic nitrogens is 2. The van der Waals surface area contributed by atoms with Crippen LogP contribution in [0, 0.1) is 0 Å². The number of carbonyl (C=O) groups excluding carboxylic acids is 1. The Morgan fingerprint density at radius 1 is 1.38 bits per heavy atom. The second-order valence-electron chi connectivity index (χ2n) is 4.92. The molecule has 2 aromatic heterocycles. The van der Waals surface area contributed by atoms with E-state index in [1.54, 1.807) is 11.0 Å². The molecule has 0 spiro atoms. The average Bonchev–Trinajstić information content (AvgIpc) is 3.12. The zero-order valence-electron chi connectivity index (χ0n) is 11.2. The molecule has 2 aromatic rings.